The van der Waals surface area contributed by atoms with Crippen LogP contribution in [0.25, 0.3) is 0 Å². The summed E-state index contributed by atoms with van der Waals surface area (Å²) < 4.78 is 1.70. The van der Waals surface area contributed by atoms with Crippen molar-refractivity contribution < 1.29 is 4.79 Å². The van der Waals surface area contributed by atoms with Crippen molar-refractivity contribution in [3.8, 4) is 0 Å². The number of carbonyl (C=O) groups is 1. The lowest BCUT2D eigenvalue weighted by atomic mass is 10.1. The van der Waals surface area contributed by atoms with Crippen LogP contribution in [0.1, 0.15) is 21.6 Å². The molecule has 0 atom stereocenters. The number of anilines is 1. The number of aromatic nitrogens is 2. The molecule has 0 bridgehead atoms. The highest BCUT2D eigenvalue weighted by molar-refractivity contribution is 5.95. The molecule has 5 nitrogen and oxygen atoms in total. The van der Waals surface area contributed by atoms with E-state index in [4.69, 9.17) is 5.73 Å². The van der Waals surface area contributed by atoms with Gasteiger partial charge in [0.1, 0.15) is 0 Å². The number of hydrogen-bond donors (Lipinski definition) is 2. The molecule has 0 unspecified atom stereocenters. The van der Waals surface area contributed by atoms with Crippen molar-refractivity contribution >= 4 is 11.6 Å². The molecule has 94 valence electrons. The lowest BCUT2D eigenvalue weighted by Crippen LogP contribution is -2.23. The van der Waals surface area contributed by atoms with Crippen molar-refractivity contribution in [1.82, 2.24) is 15.1 Å². The molecule has 1 aromatic carbocycles. The van der Waals surface area contributed by atoms with E-state index in [1.165, 1.54) is 0 Å². The molecule has 1 aromatic heterocycles. The molecule has 2 aromatic rings. The topological polar surface area (TPSA) is 72.9 Å². The Bertz CT molecular complexity index is 574. The molecule has 2 rings (SSSR count). The maximum atomic E-state index is 11.9. The Hall–Kier alpha value is -2.30. The monoisotopic (exact) mass is 244 g/mol. The van der Waals surface area contributed by atoms with Gasteiger partial charge >= 0.3 is 0 Å². The second-order valence-electron chi connectivity index (χ2n) is 4.23. The minimum atomic E-state index is -0.146. The van der Waals surface area contributed by atoms with E-state index in [-0.39, 0.29) is 5.91 Å². The number of nitrogens with one attached hydrogen (secondary N) is 1. The van der Waals surface area contributed by atoms with Gasteiger partial charge in [0.05, 0.1) is 12.2 Å². The number of nitrogens with zero attached hydrogens (tertiary/aromatic N) is 2. The maximum absolute atomic E-state index is 11.9. The standard InChI is InChI=1S/C13H16N4O/c1-9-3-4-10(7-12(9)14)13(18)15-8-11-5-6-17(2)16-11/h3-7H,8,14H2,1-2H3,(H,15,18). The fourth-order valence-corrected chi connectivity index (χ4v) is 1.61. The highest BCUT2D eigenvalue weighted by Gasteiger charge is 2.07. The predicted molar refractivity (Wildman–Crippen MR) is 70.0 cm³/mol. The van der Waals surface area contributed by atoms with Crippen molar-refractivity contribution in [2.24, 2.45) is 7.05 Å². The largest absolute Gasteiger partial charge is 0.398 e. The summed E-state index contributed by atoms with van der Waals surface area (Å²) >= 11 is 0. The number of carbonyl (C=O) groups excluding carboxylic acids is 1. The van der Waals surface area contributed by atoms with E-state index in [9.17, 15) is 4.79 Å². The summed E-state index contributed by atoms with van der Waals surface area (Å²) in [6, 6.07) is 7.15. The molecular weight excluding hydrogens is 228 g/mol. The second kappa shape index (κ2) is 4.91. The van der Waals surface area contributed by atoms with Gasteiger partial charge in [-0.15, -0.1) is 0 Å². The summed E-state index contributed by atoms with van der Waals surface area (Å²) in [5.74, 6) is -0.146. The Kier molecular flexibility index (Phi) is 3.32. The molecule has 18 heavy (non-hydrogen) atoms. The summed E-state index contributed by atoms with van der Waals surface area (Å²) in [5, 5.41) is 6.99. The normalized spacial score (nSPS) is 10.3. The van der Waals surface area contributed by atoms with Crippen LogP contribution in [0.4, 0.5) is 5.69 Å². The van der Waals surface area contributed by atoms with Gasteiger partial charge in [-0.05, 0) is 30.7 Å². The molecule has 0 aliphatic carbocycles. The Morgan fingerprint density at radius 3 is 2.83 bits per heavy atom. The van der Waals surface area contributed by atoms with Crippen LogP contribution in [0.2, 0.25) is 0 Å². The fraction of sp³-hybridized carbons (Fsp3) is 0.231. The minimum Gasteiger partial charge on any atom is -0.398 e. The van der Waals surface area contributed by atoms with Crippen LogP contribution in [0.3, 0.4) is 0 Å². The van der Waals surface area contributed by atoms with Crippen molar-refractivity contribution in [3.63, 3.8) is 0 Å². The van der Waals surface area contributed by atoms with Crippen LogP contribution in [-0.4, -0.2) is 15.7 Å². The van der Waals surface area contributed by atoms with Gasteiger partial charge in [-0.25, -0.2) is 0 Å². The molecule has 0 fully saturated rings. The maximum Gasteiger partial charge on any atom is 0.251 e. The van der Waals surface area contributed by atoms with Crippen molar-refractivity contribution in [2.75, 3.05) is 5.73 Å². The van der Waals surface area contributed by atoms with E-state index < -0.39 is 0 Å². The third kappa shape index (κ3) is 2.68. The van der Waals surface area contributed by atoms with Gasteiger partial charge in [0.2, 0.25) is 0 Å². The van der Waals surface area contributed by atoms with Crippen LogP contribution in [0, 0.1) is 6.92 Å². The molecule has 0 aliphatic heterocycles. The fourth-order valence-electron chi connectivity index (χ4n) is 1.61. The molecule has 0 saturated carbocycles. The summed E-state index contributed by atoms with van der Waals surface area (Å²) in [7, 11) is 1.84. The number of nitrogen functional groups attached to an aromatic ring is 1. The van der Waals surface area contributed by atoms with E-state index >= 15 is 0 Å². The van der Waals surface area contributed by atoms with Gasteiger partial charge in [-0.1, -0.05) is 6.07 Å². The third-order valence-corrected chi connectivity index (χ3v) is 2.74. The first-order valence-electron chi connectivity index (χ1n) is 5.69. The van der Waals surface area contributed by atoms with Gasteiger partial charge in [0.25, 0.3) is 5.91 Å². The highest BCUT2D eigenvalue weighted by atomic mass is 16.1. The molecule has 0 radical (unpaired) electrons. The number of aryl methyl sites for hydroxylation is 2. The SMILES string of the molecule is Cc1ccc(C(=O)NCc2ccn(C)n2)cc1N. The highest BCUT2D eigenvalue weighted by Crippen LogP contribution is 2.12. The summed E-state index contributed by atoms with van der Waals surface area (Å²) in [6.45, 7) is 2.32. The molecule has 0 spiro atoms. The molecule has 0 aliphatic rings. The first kappa shape index (κ1) is 12.2. The number of amides is 1. The van der Waals surface area contributed by atoms with Crippen LogP contribution in [-0.2, 0) is 13.6 Å². The van der Waals surface area contributed by atoms with Crippen molar-refractivity contribution in [2.45, 2.75) is 13.5 Å². The van der Waals surface area contributed by atoms with Gasteiger partial charge in [0, 0.05) is 24.5 Å². The van der Waals surface area contributed by atoms with E-state index in [1.54, 1.807) is 16.8 Å². The third-order valence-electron chi connectivity index (χ3n) is 2.74. The van der Waals surface area contributed by atoms with Gasteiger partial charge in [-0.2, -0.15) is 5.10 Å². The van der Waals surface area contributed by atoms with Gasteiger partial charge in [-0.3, -0.25) is 9.48 Å². The Balaban J connectivity index is 2.01. The molecule has 0 saturated heterocycles. The number of benzene rings is 1. The zero-order valence-electron chi connectivity index (χ0n) is 10.5. The summed E-state index contributed by atoms with van der Waals surface area (Å²) in [4.78, 5) is 11.9. The van der Waals surface area contributed by atoms with Crippen LogP contribution >= 0.6 is 0 Å². The van der Waals surface area contributed by atoms with E-state index in [0.717, 1.165) is 11.3 Å². The zero-order chi connectivity index (χ0) is 13.1. The molecule has 3 N–H and O–H groups in total. The lowest BCUT2D eigenvalue weighted by Gasteiger charge is -2.05. The van der Waals surface area contributed by atoms with E-state index in [1.807, 2.05) is 32.3 Å². The van der Waals surface area contributed by atoms with E-state index in [2.05, 4.69) is 10.4 Å². The number of hydrogen-bond acceptors (Lipinski definition) is 3. The van der Waals surface area contributed by atoms with Gasteiger partial charge < -0.3 is 11.1 Å². The Labute approximate surface area is 106 Å². The molecule has 5 heteroatoms. The quantitative estimate of drug-likeness (QED) is 0.798. The number of rotatable bonds is 3. The molecule has 1 amide bonds. The number of nitrogens with two attached hydrogens (primary N) is 1. The molecular formula is C13H16N4O. The van der Waals surface area contributed by atoms with Crippen LogP contribution in [0.5, 0.6) is 0 Å². The van der Waals surface area contributed by atoms with Crippen molar-refractivity contribution in [1.29, 1.82) is 0 Å². The first-order valence-corrected chi connectivity index (χ1v) is 5.69. The van der Waals surface area contributed by atoms with E-state index in [0.29, 0.717) is 17.8 Å². The summed E-state index contributed by atoms with van der Waals surface area (Å²) in [5.41, 5.74) is 8.76. The van der Waals surface area contributed by atoms with Gasteiger partial charge in [0.15, 0.2) is 0 Å². The zero-order valence-corrected chi connectivity index (χ0v) is 10.5. The minimum absolute atomic E-state index is 0.146. The van der Waals surface area contributed by atoms with Crippen LogP contribution < -0.4 is 11.1 Å². The van der Waals surface area contributed by atoms with Crippen molar-refractivity contribution in [3.05, 3.63) is 47.3 Å². The van der Waals surface area contributed by atoms with Crippen LogP contribution in [0.15, 0.2) is 30.5 Å². The Morgan fingerprint density at radius 1 is 1.44 bits per heavy atom. The lowest BCUT2D eigenvalue weighted by molar-refractivity contribution is 0.0950. The summed E-state index contributed by atoms with van der Waals surface area (Å²) in [6.07, 6.45) is 1.84. The Morgan fingerprint density at radius 2 is 2.22 bits per heavy atom. The average Bonchev–Trinajstić information content (AvgIpc) is 2.75. The first-order chi connectivity index (χ1) is 8.56. The average molecular weight is 244 g/mol. The smallest absolute Gasteiger partial charge is 0.251 e. The predicted octanol–water partition coefficient (Wildman–Crippen LogP) is 1.24. The second-order valence-corrected chi connectivity index (χ2v) is 4.23. The molecule has 1 heterocycles.